The monoisotopic (exact) mass is 313 g/mol. The fourth-order valence-corrected chi connectivity index (χ4v) is 2.92. The van der Waals surface area contributed by atoms with Crippen LogP contribution in [0.1, 0.15) is 6.42 Å². The third kappa shape index (κ3) is 2.82. The summed E-state index contributed by atoms with van der Waals surface area (Å²) in [6.45, 7) is 0. The molecule has 0 spiro atoms. The van der Waals surface area contributed by atoms with Crippen molar-refractivity contribution < 1.29 is 21.6 Å². The maximum absolute atomic E-state index is 12.3. The molecule has 0 saturated carbocycles. The lowest BCUT2D eigenvalue weighted by atomic mass is 10.3. The molecule has 0 unspecified atom stereocenters. The van der Waals surface area contributed by atoms with Gasteiger partial charge in [0.2, 0.25) is 0 Å². The number of alkyl halides is 3. The lowest BCUT2D eigenvalue weighted by Gasteiger charge is -2.27. The zero-order valence-electron chi connectivity index (χ0n) is 9.15. The molecular formula is C9H7ClF3N3O2S. The van der Waals surface area contributed by atoms with Gasteiger partial charge in [-0.25, -0.2) is 5.84 Å². The number of anilines is 1. The highest BCUT2D eigenvalue weighted by atomic mass is 35.5. The molecule has 0 amide bonds. The molecule has 0 aliphatic carbocycles. The largest absolute Gasteiger partial charge is 0.396 e. The van der Waals surface area contributed by atoms with E-state index >= 15 is 0 Å². The quantitative estimate of drug-likeness (QED) is 0.805. The number of halogens is 4. The minimum Gasteiger partial charge on any atom is -0.263 e. The Bertz CT molecular complexity index is 657. The molecule has 0 atom stereocenters. The maximum atomic E-state index is 12.3. The van der Waals surface area contributed by atoms with Gasteiger partial charge in [-0.05, 0) is 18.2 Å². The fourth-order valence-electron chi connectivity index (χ4n) is 1.56. The molecule has 0 saturated heterocycles. The van der Waals surface area contributed by atoms with Gasteiger partial charge in [0, 0.05) is 5.02 Å². The first-order valence-electron chi connectivity index (χ1n) is 4.85. The number of hydrogen-bond donors (Lipinski definition) is 1. The van der Waals surface area contributed by atoms with Gasteiger partial charge in [-0.3, -0.25) is 5.01 Å². The van der Waals surface area contributed by atoms with Crippen molar-refractivity contribution in [2.24, 2.45) is 10.2 Å². The number of fused-ring (bicyclic) bond motifs is 1. The summed E-state index contributed by atoms with van der Waals surface area (Å²) in [5, 5.41) is 0.730. The van der Waals surface area contributed by atoms with Crippen molar-refractivity contribution in [3.05, 3.63) is 23.2 Å². The highest BCUT2D eigenvalue weighted by molar-refractivity contribution is 7.90. The lowest BCUT2D eigenvalue weighted by molar-refractivity contribution is -0.121. The van der Waals surface area contributed by atoms with Crippen LogP contribution in [0.3, 0.4) is 0 Å². The predicted octanol–water partition coefficient (Wildman–Crippen LogP) is 2.07. The molecular weight excluding hydrogens is 307 g/mol. The predicted molar refractivity (Wildman–Crippen MR) is 63.4 cm³/mol. The van der Waals surface area contributed by atoms with Gasteiger partial charge in [-0.1, -0.05) is 11.6 Å². The van der Waals surface area contributed by atoms with E-state index < -0.39 is 28.5 Å². The SMILES string of the molecule is NN1C(CC(F)(F)F)=NS(=O)(=O)c2ccc(Cl)cc21. The summed E-state index contributed by atoms with van der Waals surface area (Å²) in [6, 6.07) is 3.59. The van der Waals surface area contributed by atoms with Crippen molar-refractivity contribution in [3.63, 3.8) is 0 Å². The van der Waals surface area contributed by atoms with E-state index in [9.17, 15) is 21.6 Å². The van der Waals surface area contributed by atoms with Gasteiger partial charge in [-0.2, -0.15) is 21.6 Å². The molecule has 1 aromatic rings. The van der Waals surface area contributed by atoms with Crippen LogP contribution in [0.15, 0.2) is 27.5 Å². The summed E-state index contributed by atoms with van der Waals surface area (Å²) < 4.78 is 63.6. The van der Waals surface area contributed by atoms with Crippen molar-refractivity contribution in [2.75, 3.05) is 5.01 Å². The molecule has 1 aliphatic heterocycles. The van der Waals surface area contributed by atoms with E-state index in [-0.39, 0.29) is 15.6 Å². The van der Waals surface area contributed by atoms with Gasteiger partial charge in [-0.15, -0.1) is 4.40 Å². The molecule has 5 nitrogen and oxygen atoms in total. The van der Waals surface area contributed by atoms with Crippen LogP contribution in [-0.2, 0) is 10.0 Å². The number of sulfonamides is 1. The Labute approximate surface area is 111 Å². The van der Waals surface area contributed by atoms with E-state index in [0.717, 1.165) is 6.07 Å². The summed E-state index contributed by atoms with van der Waals surface area (Å²) in [7, 11) is -4.21. The Hall–Kier alpha value is -1.32. The summed E-state index contributed by atoms with van der Waals surface area (Å²) in [5.41, 5.74) is -0.137. The summed E-state index contributed by atoms with van der Waals surface area (Å²) in [4.78, 5) is -0.287. The number of hydrogen-bond acceptors (Lipinski definition) is 4. The van der Waals surface area contributed by atoms with Crippen LogP contribution in [0.4, 0.5) is 18.9 Å². The zero-order valence-corrected chi connectivity index (χ0v) is 10.7. The molecule has 2 rings (SSSR count). The molecule has 19 heavy (non-hydrogen) atoms. The number of rotatable bonds is 1. The average molecular weight is 314 g/mol. The van der Waals surface area contributed by atoms with E-state index in [1.807, 2.05) is 0 Å². The van der Waals surface area contributed by atoms with Gasteiger partial charge in [0.05, 0.1) is 5.69 Å². The first kappa shape index (κ1) is 14.1. The van der Waals surface area contributed by atoms with E-state index in [4.69, 9.17) is 17.4 Å². The molecule has 0 aromatic heterocycles. The van der Waals surface area contributed by atoms with Crippen LogP contribution in [-0.4, -0.2) is 20.4 Å². The second kappa shape index (κ2) is 4.36. The lowest BCUT2D eigenvalue weighted by Crippen LogP contribution is -2.43. The van der Waals surface area contributed by atoms with Crippen LogP contribution in [0, 0.1) is 0 Å². The van der Waals surface area contributed by atoms with Crippen molar-refractivity contribution in [1.29, 1.82) is 0 Å². The van der Waals surface area contributed by atoms with Crippen LogP contribution in [0.25, 0.3) is 0 Å². The first-order chi connectivity index (χ1) is 8.60. The number of amidine groups is 1. The van der Waals surface area contributed by atoms with Gasteiger partial charge < -0.3 is 0 Å². The first-order valence-corrected chi connectivity index (χ1v) is 6.67. The summed E-state index contributed by atoms with van der Waals surface area (Å²) in [5.74, 6) is 4.66. The van der Waals surface area contributed by atoms with Crippen molar-refractivity contribution in [2.45, 2.75) is 17.5 Å². The molecule has 0 radical (unpaired) electrons. The van der Waals surface area contributed by atoms with Crippen LogP contribution >= 0.6 is 11.6 Å². The standard InChI is InChI=1S/C9H7ClF3N3O2S/c10-5-1-2-7-6(3-5)16(14)8(4-9(11,12)13)15-19(7,17)18/h1-3H,4,14H2. The summed E-state index contributed by atoms with van der Waals surface area (Å²) >= 11 is 5.68. The number of benzene rings is 1. The molecule has 2 N–H and O–H groups in total. The smallest absolute Gasteiger partial charge is 0.263 e. The van der Waals surface area contributed by atoms with Crippen molar-refractivity contribution in [3.8, 4) is 0 Å². The van der Waals surface area contributed by atoms with E-state index in [1.54, 1.807) is 0 Å². The summed E-state index contributed by atoms with van der Waals surface area (Å²) in [6.07, 6.45) is -6.17. The minimum absolute atomic E-state index is 0.137. The minimum atomic E-state index is -4.62. The Balaban J connectivity index is 2.56. The number of nitrogens with zero attached hydrogens (tertiary/aromatic N) is 2. The van der Waals surface area contributed by atoms with Gasteiger partial charge >= 0.3 is 6.18 Å². The highest BCUT2D eigenvalue weighted by Gasteiger charge is 2.37. The molecule has 10 heteroatoms. The normalized spacial score (nSPS) is 17.9. The number of nitrogens with two attached hydrogens (primary N) is 1. The van der Waals surface area contributed by atoms with Gasteiger partial charge in [0.25, 0.3) is 10.0 Å². The molecule has 104 valence electrons. The molecule has 0 fully saturated rings. The van der Waals surface area contributed by atoms with Crippen molar-refractivity contribution in [1.82, 2.24) is 0 Å². The molecule has 1 aliphatic rings. The number of hydrazine groups is 1. The topological polar surface area (TPSA) is 75.8 Å². The third-order valence-corrected chi connectivity index (χ3v) is 3.91. The molecule has 1 aromatic carbocycles. The Morgan fingerprint density at radius 3 is 2.58 bits per heavy atom. The van der Waals surface area contributed by atoms with E-state index in [2.05, 4.69) is 4.40 Å². The molecule has 0 bridgehead atoms. The fraction of sp³-hybridized carbons (Fsp3) is 0.222. The Morgan fingerprint density at radius 2 is 2.00 bits per heavy atom. The Kier molecular flexibility index (Phi) is 3.23. The Morgan fingerprint density at radius 1 is 1.37 bits per heavy atom. The maximum Gasteiger partial charge on any atom is 0.396 e. The van der Waals surface area contributed by atoms with Crippen LogP contribution < -0.4 is 10.9 Å². The van der Waals surface area contributed by atoms with E-state index in [1.165, 1.54) is 12.1 Å². The van der Waals surface area contributed by atoms with Crippen LogP contribution in [0.5, 0.6) is 0 Å². The zero-order chi connectivity index (χ0) is 14.4. The van der Waals surface area contributed by atoms with Gasteiger partial charge in [0.15, 0.2) is 0 Å². The third-order valence-electron chi connectivity index (χ3n) is 2.32. The second-order valence-corrected chi connectivity index (χ2v) is 5.77. The second-order valence-electron chi connectivity index (χ2n) is 3.76. The van der Waals surface area contributed by atoms with Crippen LogP contribution in [0.2, 0.25) is 5.02 Å². The highest BCUT2D eigenvalue weighted by Crippen LogP contribution is 2.34. The average Bonchev–Trinajstić information content (AvgIpc) is 2.22. The van der Waals surface area contributed by atoms with Gasteiger partial charge in [0.1, 0.15) is 17.2 Å². The van der Waals surface area contributed by atoms with E-state index in [0.29, 0.717) is 5.01 Å². The molecule has 1 heterocycles. The van der Waals surface area contributed by atoms with Crippen molar-refractivity contribution >= 4 is 33.1 Å².